The molecule has 0 aliphatic carbocycles. The molecule has 2 amide bonds. The molecule has 0 unspecified atom stereocenters. The third-order valence-corrected chi connectivity index (χ3v) is 5.27. The zero-order chi connectivity index (χ0) is 23.5. The Morgan fingerprint density at radius 1 is 0.909 bits per heavy atom. The molecule has 0 saturated carbocycles. The normalized spacial score (nSPS) is 10.7. The Morgan fingerprint density at radius 3 is 2.27 bits per heavy atom. The van der Waals surface area contributed by atoms with Crippen LogP contribution < -0.4 is 5.32 Å². The average molecular weight is 461 g/mol. The summed E-state index contributed by atoms with van der Waals surface area (Å²) in [6, 6.07) is 19.4. The first-order valence-corrected chi connectivity index (χ1v) is 10.5. The first-order chi connectivity index (χ1) is 15.8. The molecule has 3 aromatic carbocycles. The summed E-state index contributed by atoms with van der Waals surface area (Å²) in [5.41, 5.74) is 3.87. The van der Waals surface area contributed by atoms with Crippen molar-refractivity contribution in [3.05, 3.63) is 88.4 Å². The maximum Gasteiger partial charge on any atom is 0.255 e. The van der Waals surface area contributed by atoms with Gasteiger partial charge in [-0.1, -0.05) is 29.3 Å². The number of hydrogen-bond donors (Lipinski definition) is 1. The van der Waals surface area contributed by atoms with Crippen molar-refractivity contribution in [2.75, 3.05) is 19.4 Å². The minimum absolute atomic E-state index is 0.245. The summed E-state index contributed by atoms with van der Waals surface area (Å²) in [5, 5.41) is 11.3. The lowest BCUT2D eigenvalue weighted by molar-refractivity contribution is 0.0827. The molecule has 1 N–H and O–H groups in total. The monoisotopic (exact) mass is 460 g/mol. The van der Waals surface area contributed by atoms with E-state index < -0.39 is 0 Å². The van der Waals surface area contributed by atoms with E-state index in [1.807, 2.05) is 31.2 Å². The molecule has 1 aromatic heterocycles. The van der Waals surface area contributed by atoms with E-state index in [2.05, 4.69) is 15.5 Å². The summed E-state index contributed by atoms with van der Waals surface area (Å²) in [7, 11) is 3.28. The summed E-state index contributed by atoms with van der Waals surface area (Å²) < 4.78 is 5.80. The Hall–Kier alpha value is -3.97. The third-order valence-electron chi connectivity index (χ3n) is 4.94. The standard InChI is InChI=1S/C25H21ClN4O3/c1-15-5-4-6-18(13-15)24-29-28-23(33-24)17-9-7-16(8-10-17)22(31)27-19-11-12-21(26)20(14-19)25(32)30(2)3/h4-14H,1-3H3,(H,27,31). The summed E-state index contributed by atoms with van der Waals surface area (Å²) in [5.74, 6) is 0.229. The van der Waals surface area contributed by atoms with Crippen LogP contribution in [0.3, 0.4) is 0 Å². The van der Waals surface area contributed by atoms with E-state index in [-0.39, 0.29) is 11.8 Å². The summed E-state index contributed by atoms with van der Waals surface area (Å²) in [6.45, 7) is 2.00. The number of rotatable bonds is 5. The van der Waals surface area contributed by atoms with Gasteiger partial charge < -0.3 is 14.6 Å². The van der Waals surface area contributed by atoms with E-state index >= 15 is 0 Å². The first kappa shape index (κ1) is 22.2. The first-order valence-electron chi connectivity index (χ1n) is 10.2. The van der Waals surface area contributed by atoms with Crippen LogP contribution in [0.1, 0.15) is 26.3 Å². The maximum absolute atomic E-state index is 12.7. The van der Waals surface area contributed by atoms with Crippen LogP contribution in [0.2, 0.25) is 5.02 Å². The lowest BCUT2D eigenvalue weighted by Crippen LogP contribution is -2.22. The van der Waals surface area contributed by atoms with Gasteiger partial charge in [-0.2, -0.15) is 0 Å². The lowest BCUT2D eigenvalue weighted by Gasteiger charge is -2.13. The Balaban J connectivity index is 1.49. The molecule has 0 radical (unpaired) electrons. The predicted octanol–water partition coefficient (Wildman–Crippen LogP) is 5.32. The summed E-state index contributed by atoms with van der Waals surface area (Å²) >= 11 is 6.13. The van der Waals surface area contributed by atoms with E-state index in [1.165, 1.54) is 4.90 Å². The predicted molar refractivity (Wildman–Crippen MR) is 127 cm³/mol. The van der Waals surface area contributed by atoms with Gasteiger partial charge in [0.05, 0.1) is 10.6 Å². The van der Waals surface area contributed by atoms with Crippen molar-refractivity contribution in [1.29, 1.82) is 0 Å². The number of nitrogens with one attached hydrogen (secondary N) is 1. The molecule has 166 valence electrons. The zero-order valence-corrected chi connectivity index (χ0v) is 19.1. The molecule has 33 heavy (non-hydrogen) atoms. The van der Waals surface area contributed by atoms with Crippen molar-refractivity contribution in [3.63, 3.8) is 0 Å². The summed E-state index contributed by atoms with van der Waals surface area (Å²) in [4.78, 5) is 26.4. The minimum atomic E-state index is -0.321. The van der Waals surface area contributed by atoms with Gasteiger partial charge >= 0.3 is 0 Å². The molecule has 0 saturated heterocycles. The van der Waals surface area contributed by atoms with Gasteiger partial charge in [-0.25, -0.2) is 0 Å². The molecule has 4 aromatic rings. The van der Waals surface area contributed by atoms with E-state index in [0.717, 1.165) is 11.1 Å². The van der Waals surface area contributed by atoms with Crippen molar-refractivity contribution in [1.82, 2.24) is 15.1 Å². The Kier molecular flexibility index (Phi) is 6.24. The van der Waals surface area contributed by atoms with Crippen LogP contribution in [-0.2, 0) is 0 Å². The molecule has 0 spiro atoms. The van der Waals surface area contributed by atoms with Crippen molar-refractivity contribution >= 4 is 29.1 Å². The highest BCUT2D eigenvalue weighted by atomic mass is 35.5. The molecule has 0 fully saturated rings. The highest BCUT2D eigenvalue weighted by molar-refractivity contribution is 6.34. The van der Waals surface area contributed by atoms with E-state index in [0.29, 0.717) is 39.2 Å². The smallest absolute Gasteiger partial charge is 0.255 e. The molecular formula is C25H21ClN4O3. The van der Waals surface area contributed by atoms with E-state index in [1.54, 1.807) is 56.6 Å². The highest BCUT2D eigenvalue weighted by Crippen LogP contribution is 2.25. The van der Waals surface area contributed by atoms with Crippen LogP contribution in [0.15, 0.2) is 71.1 Å². The number of benzene rings is 3. The van der Waals surface area contributed by atoms with E-state index in [9.17, 15) is 9.59 Å². The zero-order valence-electron chi connectivity index (χ0n) is 18.3. The number of nitrogens with zero attached hydrogens (tertiary/aromatic N) is 3. The van der Waals surface area contributed by atoms with Crippen molar-refractivity contribution in [3.8, 4) is 22.9 Å². The second-order valence-corrected chi connectivity index (χ2v) is 8.11. The van der Waals surface area contributed by atoms with Gasteiger partial charge in [0.2, 0.25) is 11.8 Å². The van der Waals surface area contributed by atoms with Crippen molar-refractivity contribution in [2.45, 2.75) is 6.92 Å². The molecular weight excluding hydrogens is 440 g/mol. The van der Waals surface area contributed by atoms with E-state index in [4.69, 9.17) is 16.0 Å². The second-order valence-electron chi connectivity index (χ2n) is 7.71. The Labute approximate surface area is 196 Å². The molecule has 0 aliphatic heterocycles. The Bertz CT molecular complexity index is 1330. The van der Waals surface area contributed by atoms with Gasteiger partial charge in [-0.3, -0.25) is 9.59 Å². The quantitative estimate of drug-likeness (QED) is 0.435. The van der Waals surface area contributed by atoms with Crippen LogP contribution in [-0.4, -0.2) is 41.0 Å². The van der Waals surface area contributed by atoms with Crippen molar-refractivity contribution in [2.24, 2.45) is 0 Å². The number of halogens is 1. The van der Waals surface area contributed by atoms with Crippen LogP contribution in [0.25, 0.3) is 22.9 Å². The minimum Gasteiger partial charge on any atom is -0.416 e. The van der Waals surface area contributed by atoms with Crippen LogP contribution in [0.5, 0.6) is 0 Å². The Morgan fingerprint density at radius 2 is 1.61 bits per heavy atom. The highest BCUT2D eigenvalue weighted by Gasteiger charge is 2.15. The van der Waals surface area contributed by atoms with Crippen LogP contribution in [0, 0.1) is 6.92 Å². The summed E-state index contributed by atoms with van der Waals surface area (Å²) in [6.07, 6.45) is 0. The van der Waals surface area contributed by atoms with Gasteiger partial charge in [-0.05, 0) is 61.5 Å². The number of amides is 2. The van der Waals surface area contributed by atoms with Crippen LogP contribution >= 0.6 is 11.6 Å². The van der Waals surface area contributed by atoms with Gasteiger partial charge in [0, 0.05) is 36.5 Å². The van der Waals surface area contributed by atoms with Gasteiger partial charge in [0.15, 0.2) is 0 Å². The number of anilines is 1. The van der Waals surface area contributed by atoms with Gasteiger partial charge in [-0.15, -0.1) is 10.2 Å². The topological polar surface area (TPSA) is 88.3 Å². The van der Waals surface area contributed by atoms with Crippen molar-refractivity contribution < 1.29 is 14.0 Å². The molecule has 0 aliphatic rings. The number of aromatic nitrogens is 2. The number of aryl methyl sites for hydroxylation is 1. The average Bonchev–Trinajstić information content (AvgIpc) is 3.30. The van der Waals surface area contributed by atoms with Gasteiger partial charge in [0.1, 0.15) is 0 Å². The molecule has 7 nitrogen and oxygen atoms in total. The molecule has 4 rings (SSSR count). The number of carbonyl (C=O) groups is 2. The number of carbonyl (C=O) groups excluding carboxylic acids is 2. The molecule has 0 atom stereocenters. The maximum atomic E-state index is 12.7. The van der Waals surface area contributed by atoms with Crippen LogP contribution in [0.4, 0.5) is 5.69 Å². The fraction of sp³-hybridized carbons (Fsp3) is 0.120. The molecule has 8 heteroatoms. The second kappa shape index (κ2) is 9.26. The van der Waals surface area contributed by atoms with Gasteiger partial charge in [0.25, 0.3) is 11.8 Å². The lowest BCUT2D eigenvalue weighted by atomic mass is 10.1. The number of hydrogen-bond acceptors (Lipinski definition) is 5. The fourth-order valence-corrected chi connectivity index (χ4v) is 3.41. The largest absolute Gasteiger partial charge is 0.416 e. The fourth-order valence-electron chi connectivity index (χ4n) is 3.21. The molecule has 1 heterocycles. The SMILES string of the molecule is Cc1cccc(-c2nnc(-c3ccc(C(=O)Nc4ccc(Cl)c(C(=O)N(C)C)c4)cc3)o2)c1. The molecule has 0 bridgehead atoms. The third kappa shape index (κ3) is 4.94.